The van der Waals surface area contributed by atoms with Crippen LogP contribution in [0.4, 0.5) is 0 Å². The summed E-state index contributed by atoms with van der Waals surface area (Å²) in [6, 6.07) is 6.21. The summed E-state index contributed by atoms with van der Waals surface area (Å²) in [5.41, 5.74) is 3.29. The molecule has 1 aromatic rings. The Labute approximate surface area is 126 Å². The zero-order valence-corrected chi connectivity index (χ0v) is 13.0. The average molecular weight is 288 g/mol. The van der Waals surface area contributed by atoms with Gasteiger partial charge in [-0.1, -0.05) is 26.0 Å². The van der Waals surface area contributed by atoms with E-state index in [1.165, 1.54) is 11.1 Å². The smallest absolute Gasteiger partial charge is 0.251 e. The molecule has 3 rings (SSSR count). The van der Waals surface area contributed by atoms with Crippen molar-refractivity contribution in [3.05, 3.63) is 34.9 Å². The minimum Gasteiger partial charge on any atom is -0.381 e. The number of rotatable bonds is 3. The lowest BCUT2D eigenvalue weighted by atomic mass is 9.64. The number of nitrogens with one attached hydrogen (secondary N) is 2. The first-order chi connectivity index (χ1) is 10.0. The molecule has 1 aromatic carbocycles. The minimum absolute atomic E-state index is 0.000801. The molecule has 21 heavy (non-hydrogen) atoms. The highest BCUT2D eigenvalue weighted by Gasteiger charge is 2.49. The van der Waals surface area contributed by atoms with Crippen molar-refractivity contribution in [2.75, 3.05) is 13.7 Å². The van der Waals surface area contributed by atoms with Crippen molar-refractivity contribution in [3.8, 4) is 0 Å². The van der Waals surface area contributed by atoms with E-state index in [-0.39, 0.29) is 23.5 Å². The third kappa shape index (κ3) is 2.47. The molecule has 0 radical (unpaired) electrons. The topological polar surface area (TPSA) is 50.4 Å². The molecule has 2 aliphatic rings. The number of ether oxygens (including phenoxy) is 1. The first kappa shape index (κ1) is 14.5. The standard InChI is InChI=1S/C17H24N2O2/c1-17(2)14(9-15(17)21-3)19-16(20)13-6-4-5-11-10-18-8-7-12(11)13/h4-6,14-15,18H,7-10H2,1-3H3,(H,19,20). The molecule has 4 heteroatoms. The first-order valence-corrected chi connectivity index (χ1v) is 7.69. The van der Waals surface area contributed by atoms with Crippen molar-refractivity contribution in [1.29, 1.82) is 0 Å². The van der Waals surface area contributed by atoms with Crippen LogP contribution in [0.15, 0.2) is 18.2 Å². The van der Waals surface area contributed by atoms with Gasteiger partial charge in [0.25, 0.3) is 5.91 Å². The molecule has 1 saturated carbocycles. The molecule has 4 nitrogen and oxygen atoms in total. The van der Waals surface area contributed by atoms with Gasteiger partial charge in [-0.05, 0) is 36.6 Å². The van der Waals surface area contributed by atoms with E-state index in [1.807, 2.05) is 12.1 Å². The van der Waals surface area contributed by atoms with Crippen LogP contribution in [0.5, 0.6) is 0 Å². The van der Waals surface area contributed by atoms with Crippen LogP contribution in [0, 0.1) is 5.41 Å². The summed E-state index contributed by atoms with van der Waals surface area (Å²) >= 11 is 0. The molecule has 1 amide bonds. The maximum absolute atomic E-state index is 12.6. The van der Waals surface area contributed by atoms with E-state index in [0.717, 1.165) is 31.5 Å². The molecule has 1 aliphatic carbocycles. The van der Waals surface area contributed by atoms with Crippen LogP contribution < -0.4 is 10.6 Å². The monoisotopic (exact) mass is 288 g/mol. The van der Waals surface area contributed by atoms with Gasteiger partial charge < -0.3 is 15.4 Å². The Hall–Kier alpha value is -1.39. The molecule has 0 saturated heterocycles. The summed E-state index contributed by atoms with van der Waals surface area (Å²) in [4.78, 5) is 12.6. The fourth-order valence-corrected chi connectivity index (χ4v) is 3.51. The molecule has 114 valence electrons. The van der Waals surface area contributed by atoms with Gasteiger partial charge in [0.1, 0.15) is 0 Å². The summed E-state index contributed by atoms with van der Waals surface area (Å²) in [5.74, 6) is 0.0568. The number of fused-ring (bicyclic) bond motifs is 1. The Kier molecular flexibility index (Phi) is 3.76. The van der Waals surface area contributed by atoms with Crippen molar-refractivity contribution in [1.82, 2.24) is 10.6 Å². The lowest BCUT2D eigenvalue weighted by molar-refractivity contribution is -0.0942. The van der Waals surface area contributed by atoms with Crippen LogP contribution in [-0.4, -0.2) is 31.7 Å². The van der Waals surface area contributed by atoms with Gasteiger partial charge in [0, 0.05) is 30.7 Å². The van der Waals surface area contributed by atoms with Crippen LogP contribution in [0.3, 0.4) is 0 Å². The molecule has 2 unspecified atom stereocenters. The number of carbonyl (C=O) groups excluding carboxylic acids is 1. The molecule has 1 fully saturated rings. The van der Waals surface area contributed by atoms with Crippen molar-refractivity contribution < 1.29 is 9.53 Å². The lowest BCUT2D eigenvalue weighted by Gasteiger charge is -2.51. The Balaban J connectivity index is 1.75. The third-order valence-electron chi connectivity index (χ3n) is 5.15. The summed E-state index contributed by atoms with van der Waals surface area (Å²) in [6.07, 6.45) is 2.05. The fourth-order valence-electron chi connectivity index (χ4n) is 3.51. The largest absolute Gasteiger partial charge is 0.381 e. The quantitative estimate of drug-likeness (QED) is 0.893. The second-order valence-electron chi connectivity index (χ2n) is 6.68. The van der Waals surface area contributed by atoms with Gasteiger partial charge in [0.05, 0.1) is 6.10 Å². The number of hydrogen-bond donors (Lipinski definition) is 2. The van der Waals surface area contributed by atoms with Crippen LogP contribution in [-0.2, 0) is 17.7 Å². The molecule has 0 spiro atoms. The average Bonchev–Trinajstić information content (AvgIpc) is 2.50. The maximum atomic E-state index is 12.6. The Morgan fingerprint density at radius 2 is 2.24 bits per heavy atom. The Bertz CT molecular complexity index is 554. The summed E-state index contributed by atoms with van der Waals surface area (Å²) in [6.45, 7) is 6.11. The number of hydrogen-bond acceptors (Lipinski definition) is 3. The van der Waals surface area contributed by atoms with E-state index in [0.29, 0.717) is 0 Å². The minimum atomic E-state index is 0.000801. The molecule has 2 atom stereocenters. The third-order valence-corrected chi connectivity index (χ3v) is 5.15. The highest BCUT2D eigenvalue weighted by atomic mass is 16.5. The van der Waals surface area contributed by atoms with Gasteiger partial charge in [0.2, 0.25) is 0 Å². The van der Waals surface area contributed by atoms with Gasteiger partial charge in [0.15, 0.2) is 0 Å². The predicted molar refractivity (Wildman–Crippen MR) is 82.3 cm³/mol. The lowest BCUT2D eigenvalue weighted by Crippen LogP contribution is -2.61. The zero-order valence-electron chi connectivity index (χ0n) is 13.0. The van der Waals surface area contributed by atoms with Crippen LogP contribution in [0.25, 0.3) is 0 Å². The maximum Gasteiger partial charge on any atom is 0.251 e. The molecule has 0 bridgehead atoms. The van der Waals surface area contributed by atoms with Crippen LogP contribution in [0.1, 0.15) is 41.8 Å². The fraction of sp³-hybridized carbons (Fsp3) is 0.588. The van der Waals surface area contributed by atoms with E-state index in [2.05, 4.69) is 30.5 Å². The van der Waals surface area contributed by atoms with Crippen molar-refractivity contribution >= 4 is 5.91 Å². The summed E-state index contributed by atoms with van der Waals surface area (Å²) in [7, 11) is 1.74. The zero-order chi connectivity index (χ0) is 15.0. The van der Waals surface area contributed by atoms with E-state index in [9.17, 15) is 4.79 Å². The number of amides is 1. The van der Waals surface area contributed by atoms with E-state index in [4.69, 9.17) is 4.74 Å². The molecular formula is C17H24N2O2. The van der Waals surface area contributed by atoms with Crippen molar-refractivity contribution in [3.63, 3.8) is 0 Å². The molecule has 1 heterocycles. The normalized spacial score (nSPS) is 26.6. The summed E-state index contributed by atoms with van der Waals surface area (Å²) in [5, 5.41) is 6.55. The van der Waals surface area contributed by atoms with Gasteiger partial charge >= 0.3 is 0 Å². The summed E-state index contributed by atoms with van der Waals surface area (Å²) < 4.78 is 5.45. The van der Waals surface area contributed by atoms with E-state index >= 15 is 0 Å². The van der Waals surface area contributed by atoms with Crippen LogP contribution in [0.2, 0.25) is 0 Å². The second-order valence-corrected chi connectivity index (χ2v) is 6.68. The molecule has 1 aliphatic heterocycles. The van der Waals surface area contributed by atoms with Gasteiger partial charge in [-0.3, -0.25) is 4.79 Å². The Morgan fingerprint density at radius 1 is 1.43 bits per heavy atom. The van der Waals surface area contributed by atoms with Crippen molar-refractivity contribution in [2.24, 2.45) is 5.41 Å². The highest BCUT2D eigenvalue weighted by Crippen LogP contribution is 2.42. The SMILES string of the molecule is COC1CC(NC(=O)c2cccc3c2CCNC3)C1(C)C. The Morgan fingerprint density at radius 3 is 2.95 bits per heavy atom. The van der Waals surface area contributed by atoms with Crippen molar-refractivity contribution in [2.45, 2.75) is 45.4 Å². The number of methoxy groups -OCH3 is 1. The molecule has 2 N–H and O–H groups in total. The van der Waals surface area contributed by atoms with Gasteiger partial charge in [-0.25, -0.2) is 0 Å². The van der Waals surface area contributed by atoms with Gasteiger partial charge in [-0.15, -0.1) is 0 Å². The first-order valence-electron chi connectivity index (χ1n) is 7.69. The van der Waals surface area contributed by atoms with E-state index < -0.39 is 0 Å². The number of benzene rings is 1. The highest BCUT2D eigenvalue weighted by molar-refractivity contribution is 5.96. The molecule has 0 aromatic heterocycles. The molecular weight excluding hydrogens is 264 g/mol. The number of carbonyl (C=O) groups is 1. The second kappa shape index (κ2) is 5.43. The van der Waals surface area contributed by atoms with Gasteiger partial charge in [-0.2, -0.15) is 0 Å². The van der Waals surface area contributed by atoms with Crippen LogP contribution >= 0.6 is 0 Å². The van der Waals surface area contributed by atoms with E-state index in [1.54, 1.807) is 7.11 Å². The predicted octanol–water partition coefficient (Wildman–Crippen LogP) is 1.88.